The number of hydrogen-bond donors (Lipinski definition) is 1. The fourth-order valence-corrected chi connectivity index (χ4v) is 3.69. The molecule has 2 rings (SSSR count). The topological polar surface area (TPSA) is 53.1 Å². The summed E-state index contributed by atoms with van der Waals surface area (Å²) >= 11 is 1.99. The molecule has 1 saturated heterocycles. The lowest BCUT2D eigenvalue weighted by atomic mass is 10.0. The minimum atomic E-state index is 0.0256. The van der Waals surface area contributed by atoms with E-state index in [1.807, 2.05) is 16.4 Å². The minimum Gasteiger partial charge on any atom is -0.493 e. The van der Waals surface area contributed by atoms with E-state index in [9.17, 15) is 0 Å². The summed E-state index contributed by atoms with van der Waals surface area (Å²) in [6.07, 6.45) is 5.57. The van der Waals surface area contributed by atoms with Crippen LogP contribution in [0.2, 0.25) is 0 Å². The molecule has 2 unspecified atom stereocenters. The molecular weight excluding hydrogens is 234 g/mol. The SMILES string of the molecule is CCn1ncc(OC)c1C(N)C1CCCCS1. The summed E-state index contributed by atoms with van der Waals surface area (Å²) in [6, 6.07) is 0.0256. The number of aryl methyl sites for hydroxylation is 1. The van der Waals surface area contributed by atoms with E-state index >= 15 is 0 Å². The van der Waals surface area contributed by atoms with Crippen LogP contribution in [-0.2, 0) is 6.54 Å². The van der Waals surface area contributed by atoms with Crippen LogP contribution in [0.3, 0.4) is 0 Å². The van der Waals surface area contributed by atoms with Gasteiger partial charge in [0.25, 0.3) is 0 Å². The Labute approximate surface area is 107 Å². The average molecular weight is 255 g/mol. The van der Waals surface area contributed by atoms with Gasteiger partial charge in [0.05, 0.1) is 25.0 Å². The third-order valence-corrected chi connectivity index (χ3v) is 4.78. The number of thioether (sulfide) groups is 1. The molecule has 1 aromatic rings. The fourth-order valence-electron chi connectivity index (χ4n) is 2.35. The smallest absolute Gasteiger partial charge is 0.161 e. The molecule has 17 heavy (non-hydrogen) atoms. The van der Waals surface area contributed by atoms with Crippen molar-refractivity contribution >= 4 is 11.8 Å². The van der Waals surface area contributed by atoms with Gasteiger partial charge in [-0.05, 0) is 25.5 Å². The van der Waals surface area contributed by atoms with Crippen molar-refractivity contribution in [3.63, 3.8) is 0 Å². The first-order valence-corrected chi connectivity index (χ1v) is 7.29. The second-order valence-electron chi connectivity index (χ2n) is 4.34. The van der Waals surface area contributed by atoms with Crippen molar-refractivity contribution in [2.75, 3.05) is 12.9 Å². The first kappa shape index (κ1) is 12.8. The number of ether oxygens (including phenoxy) is 1. The largest absolute Gasteiger partial charge is 0.493 e. The summed E-state index contributed by atoms with van der Waals surface area (Å²) in [5.74, 6) is 2.05. The molecule has 1 aromatic heterocycles. The Morgan fingerprint density at radius 1 is 1.65 bits per heavy atom. The van der Waals surface area contributed by atoms with Gasteiger partial charge in [-0.2, -0.15) is 16.9 Å². The molecule has 0 radical (unpaired) electrons. The van der Waals surface area contributed by atoms with Crippen molar-refractivity contribution in [2.45, 2.75) is 44.0 Å². The summed E-state index contributed by atoms with van der Waals surface area (Å²) in [6.45, 7) is 2.92. The second kappa shape index (κ2) is 5.78. The predicted molar refractivity (Wildman–Crippen MR) is 71.5 cm³/mol. The highest BCUT2D eigenvalue weighted by Gasteiger charge is 2.27. The molecule has 0 saturated carbocycles. The quantitative estimate of drug-likeness (QED) is 0.896. The van der Waals surface area contributed by atoms with Crippen LogP contribution in [-0.4, -0.2) is 27.9 Å². The highest BCUT2D eigenvalue weighted by Crippen LogP contribution is 2.36. The Morgan fingerprint density at radius 3 is 3.06 bits per heavy atom. The standard InChI is InChI=1S/C12H21N3OS/c1-3-15-12(9(16-2)8-14-15)11(13)10-6-4-5-7-17-10/h8,10-11H,3-7,13H2,1-2H3. The molecule has 2 atom stereocenters. The van der Waals surface area contributed by atoms with Crippen LogP contribution in [0.4, 0.5) is 0 Å². The molecular formula is C12H21N3OS. The van der Waals surface area contributed by atoms with E-state index in [2.05, 4.69) is 12.0 Å². The van der Waals surface area contributed by atoms with Gasteiger partial charge in [0.1, 0.15) is 0 Å². The molecule has 0 aromatic carbocycles. The Morgan fingerprint density at radius 2 is 2.47 bits per heavy atom. The lowest BCUT2D eigenvalue weighted by Crippen LogP contribution is -2.28. The summed E-state index contributed by atoms with van der Waals surface area (Å²) in [7, 11) is 1.68. The molecule has 96 valence electrons. The van der Waals surface area contributed by atoms with Crippen LogP contribution in [0.25, 0.3) is 0 Å². The summed E-state index contributed by atoms with van der Waals surface area (Å²) in [5, 5.41) is 4.82. The number of nitrogens with zero attached hydrogens (tertiary/aromatic N) is 2. The molecule has 1 aliphatic rings. The van der Waals surface area contributed by atoms with Crippen LogP contribution < -0.4 is 10.5 Å². The highest BCUT2D eigenvalue weighted by molar-refractivity contribution is 8.00. The maximum absolute atomic E-state index is 6.41. The van der Waals surface area contributed by atoms with Crippen molar-refractivity contribution in [3.8, 4) is 5.75 Å². The van der Waals surface area contributed by atoms with Crippen LogP contribution in [0.15, 0.2) is 6.20 Å². The molecule has 2 heterocycles. The van der Waals surface area contributed by atoms with E-state index < -0.39 is 0 Å². The van der Waals surface area contributed by atoms with Crippen molar-refractivity contribution in [3.05, 3.63) is 11.9 Å². The molecule has 1 aliphatic heterocycles. The van der Waals surface area contributed by atoms with Crippen LogP contribution in [0.5, 0.6) is 5.75 Å². The monoisotopic (exact) mass is 255 g/mol. The molecule has 1 fully saturated rings. The van der Waals surface area contributed by atoms with Gasteiger partial charge in [0.15, 0.2) is 5.75 Å². The van der Waals surface area contributed by atoms with Crippen molar-refractivity contribution in [1.82, 2.24) is 9.78 Å². The molecule has 0 bridgehead atoms. The Bertz CT molecular complexity index is 339. The van der Waals surface area contributed by atoms with E-state index in [0.29, 0.717) is 5.25 Å². The van der Waals surface area contributed by atoms with E-state index in [4.69, 9.17) is 10.5 Å². The van der Waals surface area contributed by atoms with Gasteiger partial charge in [-0.3, -0.25) is 4.68 Å². The van der Waals surface area contributed by atoms with Gasteiger partial charge in [-0.1, -0.05) is 6.42 Å². The number of rotatable bonds is 4. The van der Waals surface area contributed by atoms with Crippen LogP contribution >= 0.6 is 11.8 Å². The number of aromatic nitrogens is 2. The summed E-state index contributed by atoms with van der Waals surface area (Å²) in [4.78, 5) is 0. The van der Waals surface area contributed by atoms with Crippen molar-refractivity contribution in [2.24, 2.45) is 5.73 Å². The molecule has 0 aliphatic carbocycles. The zero-order chi connectivity index (χ0) is 12.3. The Kier molecular flexibility index (Phi) is 4.34. The average Bonchev–Trinajstić information content (AvgIpc) is 2.81. The van der Waals surface area contributed by atoms with Crippen molar-refractivity contribution in [1.29, 1.82) is 0 Å². The lowest BCUT2D eigenvalue weighted by Gasteiger charge is -2.27. The van der Waals surface area contributed by atoms with Gasteiger partial charge in [-0.15, -0.1) is 0 Å². The predicted octanol–water partition coefficient (Wildman–Crippen LogP) is 2.20. The van der Waals surface area contributed by atoms with E-state index in [1.54, 1.807) is 13.3 Å². The minimum absolute atomic E-state index is 0.0256. The van der Waals surface area contributed by atoms with Crippen LogP contribution in [0.1, 0.15) is 37.9 Å². The molecule has 2 N–H and O–H groups in total. The van der Waals surface area contributed by atoms with Crippen molar-refractivity contribution < 1.29 is 4.74 Å². The zero-order valence-corrected chi connectivity index (χ0v) is 11.4. The molecule has 5 heteroatoms. The Hall–Kier alpha value is -0.680. The van der Waals surface area contributed by atoms with E-state index in [1.165, 1.54) is 25.0 Å². The normalized spacial score (nSPS) is 22.4. The maximum Gasteiger partial charge on any atom is 0.161 e. The summed E-state index contributed by atoms with van der Waals surface area (Å²) < 4.78 is 7.32. The Balaban J connectivity index is 2.21. The van der Waals surface area contributed by atoms with Gasteiger partial charge >= 0.3 is 0 Å². The highest BCUT2D eigenvalue weighted by atomic mass is 32.2. The van der Waals surface area contributed by atoms with E-state index in [-0.39, 0.29) is 6.04 Å². The lowest BCUT2D eigenvalue weighted by molar-refractivity contribution is 0.398. The maximum atomic E-state index is 6.41. The second-order valence-corrected chi connectivity index (χ2v) is 5.69. The fraction of sp³-hybridized carbons (Fsp3) is 0.750. The number of hydrogen-bond acceptors (Lipinski definition) is 4. The van der Waals surface area contributed by atoms with E-state index in [0.717, 1.165) is 18.0 Å². The van der Waals surface area contributed by atoms with Gasteiger partial charge in [-0.25, -0.2) is 0 Å². The van der Waals surface area contributed by atoms with Gasteiger partial charge < -0.3 is 10.5 Å². The summed E-state index contributed by atoms with van der Waals surface area (Å²) in [5.41, 5.74) is 7.46. The molecule has 0 spiro atoms. The first-order valence-electron chi connectivity index (χ1n) is 6.24. The third-order valence-electron chi connectivity index (χ3n) is 3.30. The molecule has 0 amide bonds. The first-order chi connectivity index (χ1) is 8.27. The zero-order valence-electron chi connectivity index (χ0n) is 10.6. The number of nitrogens with two attached hydrogens (primary N) is 1. The van der Waals surface area contributed by atoms with Gasteiger partial charge in [0.2, 0.25) is 0 Å². The van der Waals surface area contributed by atoms with Gasteiger partial charge in [0, 0.05) is 11.8 Å². The third kappa shape index (κ3) is 2.60. The number of methoxy groups -OCH3 is 1. The van der Waals surface area contributed by atoms with Crippen LogP contribution in [0, 0.1) is 0 Å². The molecule has 4 nitrogen and oxygen atoms in total.